The number of carbonyl (C=O) groups excluding carboxylic acids is 2. The fraction of sp³-hybridized carbons (Fsp3) is 0.522. The number of para-hydroxylation sites is 1. The lowest BCUT2D eigenvalue weighted by Gasteiger charge is -2.34. The largest absolute Gasteiger partial charge is 0.385 e. The van der Waals surface area contributed by atoms with Gasteiger partial charge in [-0.2, -0.15) is 0 Å². The SMILES string of the molecule is COCCCNC(=O)CN1CCN(C(=O)c2cc(C3CC3)nc3ccccc23)CC1. The van der Waals surface area contributed by atoms with Crippen LogP contribution in [0.1, 0.15) is 41.2 Å². The zero-order valence-corrected chi connectivity index (χ0v) is 17.6. The van der Waals surface area contributed by atoms with Gasteiger partial charge in [-0.05, 0) is 31.4 Å². The Morgan fingerprint density at radius 2 is 1.93 bits per heavy atom. The predicted octanol–water partition coefficient (Wildman–Crippen LogP) is 2.02. The lowest BCUT2D eigenvalue weighted by molar-refractivity contribution is -0.122. The molecule has 7 heteroatoms. The molecule has 7 nitrogen and oxygen atoms in total. The lowest BCUT2D eigenvalue weighted by atomic mass is 10.0. The normalized spacial score (nSPS) is 17.3. The van der Waals surface area contributed by atoms with E-state index in [1.807, 2.05) is 35.2 Å². The van der Waals surface area contributed by atoms with Crippen LogP contribution in [0, 0.1) is 0 Å². The first kappa shape index (κ1) is 20.8. The molecule has 1 aromatic heterocycles. The maximum Gasteiger partial charge on any atom is 0.254 e. The number of benzene rings is 1. The molecule has 4 rings (SSSR count). The third-order valence-corrected chi connectivity index (χ3v) is 5.84. The van der Waals surface area contributed by atoms with Gasteiger partial charge < -0.3 is 15.0 Å². The molecule has 0 unspecified atom stereocenters. The molecule has 2 aromatic rings. The van der Waals surface area contributed by atoms with Crippen molar-refractivity contribution < 1.29 is 14.3 Å². The number of rotatable bonds is 8. The minimum Gasteiger partial charge on any atom is -0.385 e. The Labute approximate surface area is 177 Å². The summed E-state index contributed by atoms with van der Waals surface area (Å²) in [4.78, 5) is 34.2. The van der Waals surface area contributed by atoms with E-state index in [4.69, 9.17) is 9.72 Å². The van der Waals surface area contributed by atoms with E-state index in [1.54, 1.807) is 7.11 Å². The van der Waals surface area contributed by atoms with E-state index < -0.39 is 0 Å². The van der Waals surface area contributed by atoms with Crippen molar-refractivity contribution in [3.05, 3.63) is 41.6 Å². The number of methoxy groups -OCH3 is 1. The number of carbonyl (C=O) groups is 2. The number of fused-ring (bicyclic) bond motifs is 1. The maximum absolute atomic E-state index is 13.3. The van der Waals surface area contributed by atoms with Crippen molar-refractivity contribution in [2.75, 3.05) is 53.0 Å². The number of piperazine rings is 1. The van der Waals surface area contributed by atoms with Crippen molar-refractivity contribution in [2.45, 2.75) is 25.2 Å². The third kappa shape index (κ3) is 4.96. The van der Waals surface area contributed by atoms with Crippen molar-refractivity contribution in [3.63, 3.8) is 0 Å². The Balaban J connectivity index is 1.36. The van der Waals surface area contributed by atoms with Gasteiger partial charge in [0.2, 0.25) is 5.91 Å². The number of hydrogen-bond acceptors (Lipinski definition) is 5. The molecule has 30 heavy (non-hydrogen) atoms. The second kappa shape index (κ2) is 9.53. The summed E-state index contributed by atoms with van der Waals surface area (Å²) >= 11 is 0. The van der Waals surface area contributed by atoms with E-state index in [0.717, 1.165) is 41.4 Å². The second-order valence-electron chi connectivity index (χ2n) is 8.15. The highest BCUT2D eigenvalue weighted by Gasteiger charge is 2.29. The van der Waals surface area contributed by atoms with Gasteiger partial charge in [-0.3, -0.25) is 19.5 Å². The molecule has 0 radical (unpaired) electrons. The summed E-state index contributed by atoms with van der Waals surface area (Å²) in [5.74, 6) is 0.597. The van der Waals surface area contributed by atoms with Crippen LogP contribution >= 0.6 is 0 Å². The van der Waals surface area contributed by atoms with Gasteiger partial charge in [0, 0.05) is 63.4 Å². The number of ether oxygens (including phenoxy) is 1. The first-order valence-corrected chi connectivity index (χ1v) is 10.8. The van der Waals surface area contributed by atoms with E-state index in [1.165, 1.54) is 0 Å². The lowest BCUT2D eigenvalue weighted by Crippen LogP contribution is -2.51. The Morgan fingerprint density at radius 3 is 2.67 bits per heavy atom. The molecule has 160 valence electrons. The monoisotopic (exact) mass is 410 g/mol. The number of aromatic nitrogens is 1. The van der Waals surface area contributed by atoms with E-state index in [0.29, 0.717) is 51.8 Å². The average Bonchev–Trinajstić information content (AvgIpc) is 3.61. The van der Waals surface area contributed by atoms with Gasteiger partial charge in [0.25, 0.3) is 5.91 Å². The molecule has 2 amide bonds. The zero-order valence-electron chi connectivity index (χ0n) is 17.6. The van der Waals surface area contributed by atoms with Crippen molar-refractivity contribution >= 4 is 22.7 Å². The quantitative estimate of drug-likeness (QED) is 0.674. The number of amides is 2. The summed E-state index contributed by atoms with van der Waals surface area (Å²) in [5.41, 5.74) is 2.70. The van der Waals surface area contributed by atoms with Gasteiger partial charge in [-0.15, -0.1) is 0 Å². The summed E-state index contributed by atoms with van der Waals surface area (Å²) in [6.45, 7) is 4.32. The Morgan fingerprint density at radius 1 is 1.17 bits per heavy atom. The molecule has 2 heterocycles. The molecule has 0 spiro atoms. The fourth-order valence-electron chi connectivity index (χ4n) is 3.94. The maximum atomic E-state index is 13.3. The van der Waals surface area contributed by atoms with Crippen LogP contribution in [0.3, 0.4) is 0 Å². The van der Waals surface area contributed by atoms with Crippen LogP contribution in [0.4, 0.5) is 0 Å². The minimum atomic E-state index is 0.0279. The van der Waals surface area contributed by atoms with Crippen LogP contribution in [0.25, 0.3) is 10.9 Å². The molecular formula is C23H30N4O3. The Bertz CT molecular complexity index is 904. The number of nitrogens with one attached hydrogen (secondary N) is 1. The summed E-state index contributed by atoms with van der Waals surface area (Å²) in [7, 11) is 1.66. The fourth-order valence-corrected chi connectivity index (χ4v) is 3.94. The molecule has 1 N–H and O–H groups in total. The van der Waals surface area contributed by atoms with Gasteiger partial charge in [-0.1, -0.05) is 18.2 Å². The standard InChI is InChI=1S/C23H30N4O3/c1-30-14-4-9-24-22(28)16-26-10-12-27(13-11-26)23(29)19-15-21(17-7-8-17)25-20-6-3-2-5-18(19)20/h2-3,5-6,15,17H,4,7-14,16H2,1H3,(H,24,28). The van der Waals surface area contributed by atoms with E-state index >= 15 is 0 Å². The van der Waals surface area contributed by atoms with E-state index in [2.05, 4.69) is 10.2 Å². The van der Waals surface area contributed by atoms with Crippen molar-refractivity contribution in [3.8, 4) is 0 Å². The average molecular weight is 411 g/mol. The second-order valence-corrected chi connectivity index (χ2v) is 8.15. The molecule has 0 bridgehead atoms. The van der Waals surface area contributed by atoms with Crippen LogP contribution in [0.5, 0.6) is 0 Å². The minimum absolute atomic E-state index is 0.0279. The van der Waals surface area contributed by atoms with Crippen LogP contribution in [0.15, 0.2) is 30.3 Å². The van der Waals surface area contributed by atoms with Crippen molar-refractivity contribution in [1.82, 2.24) is 20.1 Å². The smallest absolute Gasteiger partial charge is 0.254 e. The van der Waals surface area contributed by atoms with Crippen molar-refractivity contribution in [1.29, 1.82) is 0 Å². The highest BCUT2D eigenvalue weighted by atomic mass is 16.5. The van der Waals surface area contributed by atoms with Crippen LogP contribution in [-0.2, 0) is 9.53 Å². The molecule has 1 saturated heterocycles. The highest BCUT2D eigenvalue weighted by Crippen LogP contribution is 2.40. The number of nitrogens with zero attached hydrogens (tertiary/aromatic N) is 3. The molecular weight excluding hydrogens is 380 g/mol. The van der Waals surface area contributed by atoms with Gasteiger partial charge in [0.15, 0.2) is 0 Å². The Hall–Kier alpha value is -2.51. The predicted molar refractivity (Wildman–Crippen MR) is 116 cm³/mol. The highest BCUT2D eigenvalue weighted by molar-refractivity contribution is 6.06. The van der Waals surface area contributed by atoms with Gasteiger partial charge in [-0.25, -0.2) is 0 Å². The Kier molecular flexibility index (Phi) is 6.59. The molecule has 1 aliphatic carbocycles. The third-order valence-electron chi connectivity index (χ3n) is 5.84. The van der Waals surface area contributed by atoms with E-state index in [9.17, 15) is 9.59 Å². The first-order chi connectivity index (χ1) is 14.7. The van der Waals surface area contributed by atoms with Crippen LogP contribution < -0.4 is 5.32 Å². The van der Waals surface area contributed by atoms with E-state index in [-0.39, 0.29) is 11.8 Å². The van der Waals surface area contributed by atoms with Crippen LogP contribution in [0.2, 0.25) is 0 Å². The summed E-state index contributed by atoms with van der Waals surface area (Å²) in [6, 6.07) is 9.90. The summed E-state index contributed by atoms with van der Waals surface area (Å²) in [6.07, 6.45) is 3.13. The van der Waals surface area contributed by atoms with Gasteiger partial charge in [0.05, 0.1) is 17.6 Å². The zero-order chi connectivity index (χ0) is 20.9. The molecule has 2 aliphatic rings. The molecule has 2 fully saturated rings. The first-order valence-electron chi connectivity index (χ1n) is 10.8. The number of pyridine rings is 1. The summed E-state index contributed by atoms with van der Waals surface area (Å²) < 4.78 is 4.99. The van der Waals surface area contributed by atoms with Gasteiger partial charge in [0.1, 0.15) is 0 Å². The topological polar surface area (TPSA) is 74.8 Å². The molecule has 1 aliphatic heterocycles. The number of hydrogen-bond donors (Lipinski definition) is 1. The molecule has 0 atom stereocenters. The van der Waals surface area contributed by atoms with Gasteiger partial charge >= 0.3 is 0 Å². The van der Waals surface area contributed by atoms with Crippen molar-refractivity contribution in [2.24, 2.45) is 0 Å². The molecule has 1 saturated carbocycles. The van der Waals surface area contributed by atoms with Crippen LogP contribution in [-0.4, -0.2) is 79.6 Å². The summed E-state index contributed by atoms with van der Waals surface area (Å²) in [5, 5.41) is 3.84. The molecule has 1 aromatic carbocycles.